The first-order valence-corrected chi connectivity index (χ1v) is 15.8. The largest absolute Gasteiger partial charge is 0.457 e. The highest BCUT2D eigenvalue weighted by Gasteiger charge is 2.28. The number of benzene rings is 3. The molecule has 0 saturated heterocycles. The Kier molecular flexibility index (Phi) is 11.2. The second kappa shape index (κ2) is 15.7. The van der Waals surface area contributed by atoms with E-state index in [1.807, 2.05) is 6.92 Å². The van der Waals surface area contributed by atoms with Gasteiger partial charge in [-0.05, 0) is 66.6 Å². The molecular weight excluding hydrogens is 643 g/mol. The lowest BCUT2D eigenvalue weighted by atomic mass is 10.1. The Bertz CT molecular complexity index is 1820. The minimum Gasteiger partial charge on any atom is -0.457 e. The van der Waals surface area contributed by atoms with Crippen molar-refractivity contribution in [2.75, 3.05) is 24.7 Å². The van der Waals surface area contributed by atoms with E-state index in [0.717, 1.165) is 16.0 Å². The first-order valence-electron chi connectivity index (χ1n) is 14.7. The van der Waals surface area contributed by atoms with Gasteiger partial charge in [0.1, 0.15) is 17.3 Å². The molecule has 5 aromatic rings. The van der Waals surface area contributed by atoms with Gasteiger partial charge in [0.15, 0.2) is 0 Å². The quantitative estimate of drug-likeness (QED) is 0.0790. The lowest BCUT2D eigenvalue weighted by Crippen LogP contribution is -2.37. The molecule has 0 bridgehead atoms. The number of nitrogens with zero attached hydrogens (tertiary/aromatic N) is 3. The lowest BCUT2D eigenvalue weighted by Gasteiger charge is -2.21. The fourth-order valence-electron chi connectivity index (χ4n) is 4.79. The Morgan fingerprint density at radius 3 is 2.02 bits per heavy atom. The number of imide groups is 1. The van der Waals surface area contributed by atoms with E-state index in [1.54, 1.807) is 79.0 Å². The summed E-state index contributed by atoms with van der Waals surface area (Å²) < 4.78 is 18.9. The van der Waals surface area contributed by atoms with Gasteiger partial charge in [-0.25, -0.2) is 14.7 Å². The molecule has 3 aromatic carbocycles. The van der Waals surface area contributed by atoms with Gasteiger partial charge >= 0.3 is 6.03 Å². The van der Waals surface area contributed by atoms with Gasteiger partial charge in [-0.1, -0.05) is 24.3 Å². The van der Waals surface area contributed by atoms with Gasteiger partial charge in [0.25, 0.3) is 11.8 Å². The molecule has 2 heterocycles. The van der Waals surface area contributed by atoms with Gasteiger partial charge in [-0.3, -0.25) is 14.2 Å². The van der Waals surface area contributed by atoms with Crippen molar-refractivity contribution < 1.29 is 28.6 Å². The van der Waals surface area contributed by atoms with E-state index in [1.165, 1.54) is 16.8 Å². The number of amides is 3. The van der Waals surface area contributed by atoms with Gasteiger partial charge in [0.2, 0.25) is 0 Å². The van der Waals surface area contributed by atoms with Crippen LogP contribution >= 0.6 is 23.2 Å². The fourth-order valence-corrected chi connectivity index (χ4v) is 5.15. The zero-order chi connectivity index (χ0) is 33.3. The predicted molar refractivity (Wildman–Crippen MR) is 181 cm³/mol. The van der Waals surface area contributed by atoms with Gasteiger partial charge in [0, 0.05) is 58.9 Å². The first kappa shape index (κ1) is 33.6. The highest BCUT2D eigenvalue weighted by Crippen LogP contribution is 2.33. The Balaban J connectivity index is 1.51. The Labute approximate surface area is 281 Å². The third kappa shape index (κ3) is 7.98. The summed E-state index contributed by atoms with van der Waals surface area (Å²) >= 11 is 11.9. The van der Waals surface area contributed by atoms with Gasteiger partial charge in [0.05, 0.1) is 25.3 Å². The molecule has 47 heavy (non-hydrogen) atoms. The average Bonchev–Trinajstić information content (AvgIpc) is 3.51. The molecule has 0 unspecified atom stereocenters. The smallest absolute Gasteiger partial charge is 0.323 e. The number of primary amides is 1. The van der Waals surface area contributed by atoms with E-state index < -0.39 is 17.8 Å². The average molecular weight is 676 g/mol. The number of rotatable bonds is 13. The third-order valence-corrected chi connectivity index (χ3v) is 7.85. The van der Waals surface area contributed by atoms with Gasteiger partial charge in [-0.2, -0.15) is 0 Å². The molecule has 10 nitrogen and oxygen atoms in total. The highest BCUT2D eigenvalue weighted by molar-refractivity contribution is 6.25. The molecule has 5 rings (SSSR count). The van der Waals surface area contributed by atoms with Crippen molar-refractivity contribution in [3.05, 3.63) is 119 Å². The normalized spacial score (nSPS) is 11.0. The Morgan fingerprint density at radius 2 is 1.45 bits per heavy atom. The summed E-state index contributed by atoms with van der Waals surface area (Å²) in [5.41, 5.74) is 8.98. The molecule has 2 aromatic heterocycles. The standard InChI is InChI=1S/C35H32Cl2N4O6/c1-2-45-15-16-46-22-28-17-30-27(12-14-40(30)35(38)44)18-31(28)47-29-11-13-39-32(19-29)41(33(42)25-7-3-23(20-36)4-8-25)34(43)26-9-5-24(21-37)6-10-26/h3-14,17-19H,2,15-16,20-22H2,1H3,(H2,38,44). The van der Waals surface area contributed by atoms with Gasteiger partial charge in [-0.15, -0.1) is 23.2 Å². The number of pyridine rings is 1. The van der Waals surface area contributed by atoms with E-state index in [2.05, 4.69) is 4.98 Å². The molecule has 0 atom stereocenters. The van der Waals surface area contributed by atoms with Crippen LogP contribution in [0.2, 0.25) is 0 Å². The predicted octanol–water partition coefficient (Wildman–Crippen LogP) is 7.27. The molecule has 0 aliphatic rings. The van der Waals surface area contributed by atoms with E-state index in [-0.39, 0.29) is 35.3 Å². The van der Waals surface area contributed by atoms with Crippen LogP contribution in [0, 0.1) is 0 Å². The Morgan fingerprint density at radius 1 is 0.830 bits per heavy atom. The van der Waals surface area contributed by atoms with Crippen LogP contribution in [0.4, 0.5) is 10.6 Å². The minimum absolute atomic E-state index is 0.0517. The van der Waals surface area contributed by atoms with Crippen molar-refractivity contribution in [2.24, 2.45) is 5.73 Å². The minimum atomic E-state index is -0.625. The molecule has 12 heteroatoms. The number of alkyl halides is 2. The molecule has 0 saturated carbocycles. The molecule has 0 fully saturated rings. The van der Waals surface area contributed by atoms with Crippen molar-refractivity contribution in [1.82, 2.24) is 9.55 Å². The third-order valence-electron chi connectivity index (χ3n) is 7.23. The summed E-state index contributed by atoms with van der Waals surface area (Å²) in [5, 5.41) is 0.707. The molecule has 2 N–H and O–H groups in total. The number of anilines is 1. The van der Waals surface area contributed by atoms with Gasteiger partial charge < -0.3 is 19.9 Å². The molecule has 0 radical (unpaired) electrons. The van der Waals surface area contributed by atoms with Crippen LogP contribution in [0.1, 0.15) is 44.3 Å². The van der Waals surface area contributed by atoms with Crippen LogP contribution in [-0.2, 0) is 27.8 Å². The zero-order valence-electron chi connectivity index (χ0n) is 25.5. The number of halogens is 2. The number of hydrogen-bond acceptors (Lipinski definition) is 7. The monoisotopic (exact) mass is 674 g/mol. The number of ether oxygens (including phenoxy) is 3. The molecular formula is C35H32Cl2N4O6. The van der Waals surface area contributed by atoms with E-state index >= 15 is 0 Å². The van der Waals surface area contributed by atoms with Crippen LogP contribution in [0.5, 0.6) is 11.5 Å². The van der Waals surface area contributed by atoms with Crippen molar-refractivity contribution in [2.45, 2.75) is 25.3 Å². The summed E-state index contributed by atoms with van der Waals surface area (Å²) in [5.74, 6) is 0.189. The number of carbonyl (C=O) groups excluding carboxylic acids is 3. The topological polar surface area (TPSA) is 126 Å². The number of hydrogen-bond donors (Lipinski definition) is 1. The summed E-state index contributed by atoms with van der Waals surface area (Å²) in [4.78, 5) is 45.2. The van der Waals surface area contributed by atoms with E-state index in [4.69, 9.17) is 43.1 Å². The second-order valence-electron chi connectivity index (χ2n) is 10.4. The van der Waals surface area contributed by atoms with Crippen LogP contribution < -0.4 is 15.4 Å². The molecule has 0 aliphatic carbocycles. The van der Waals surface area contributed by atoms with Crippen molar-refractivity contribution >= 4 is 57.8 Å². The second-order valence-corrected chi connectivity index (χ2v) is 10.9. The SMILES string of the molecule is CCOCCOCc1cc2c(ccn2C(N)=O)cc1Oc1ccnc(N(C(=O)c2ccc(CCl)cc2)C(=O)c2ccc(CCl)cc2)c1. The van der Waals surface area contributed by atoms with Crippen molar-refractivity contribution in [3.63, 3.8) is 0 Å². The maximum absolute atomic E-state index is 13.9. The van der Waals surface area contributed by atoms with Crippen molar-refractivity contribution in [3.8, 4) is 11.5 Å². The molecule has 3 amide bonds. The molecule has 0 aliphatic heterocycles. The first-order chi connectivity index (χ1) is 22.8. The van der Waals surface area contributed by atoms with E-state index in [9.17, 15) is 14.4 Å². The number of fused-ring (bicyclic) bond motifs is 1. The summed E-state index contributed by atoms with van der Waals surface area (Å²) in [6.45, 7) is 3.39. The highest BCUT2D eigenvalue weighted by atomic mass is 35.5. The fraction of sp³-hybridized carbons (Fsp3) is 0.200. The van der Waals surface area contributed by atoms with Crippen molar-refractivity contribution in [1.29, 1.82) is 0 Å². The molecule has 0 spiro atoms. The van der Waals surface area contributed by atoms with Crippen LogP contribution in [0.3, 0.4) is 0 Å². The lowest BCUT2D eigenvalue weighted by molar-refractivity contribution is 0.0448. The van der Waals surface area contributed by atoms with Crippen LogP contribution in [-0.4, -0.2) is 47.2 Å². The summed E-state index contributed by atoms with van der Waals surface area (Å²) in [6.07, 6.45) is 3.03. The number of nitrogens with two attached hydrogens (primary N) is 1. The summed E-state index contributed by atoms with van der Waals surface area (Å²) in [6, 6.07) is 21.1. The maximum atomic E-state index is 13.9. The number of carbonyl (C=O) groups is 3. The molecule has 242 valence electrons. The number of aromatic nitrogens is 2. The zero-order valence-corrected chi connectivity index (χ0v) is 27.0. The van der Waals surface area contributed by atoms with Crippen LogP contribution in [0.15, 0.2) is 91.3 Å². The van der Waals surface area contributed by atoms with E-state index in [0.29, 0.717) is 47.8 Å². The van der Waals surface area contributed by atoms with Crippen LogP contribution in [0.25, 0.3) is 10.9 Å². The maximum Gasteiger partial charge on any atom is 0.323 e. The summed E-state index contributed by atoms with van der Waals surface area (Å²) in [7, 11) is 0. The Hall–Kier alpha value is -4.74.